The van der Waals surface area contributed by atoms with Gasteiger partial charge in [0.25, 0.3) is 0 Å². The fourth-order valence-corrected chi connectivity index (χ4v) is 4.50. The molecule has 1 saturated heterocycles. The van der Waals surface area contributed by atoms with Gasteiger partial charge < -0.3 is 15.4 Å². The normalized spacial score (nSPS) is 34.3. The highest BCUT2D eigenvalue weighted by Gasteiger charge is 2.59. The van der Waals surface area contributed by atoms with Crippen LogP contribution in [0.1, 0.15) is 59.3 Å². The standard InChI is InChI=1S/C17H31N3O.HI/c1-4-18-16(19-12-8-6-5-7-9-12)20-14-13-10-11-21-15(13)17(14,2)3;/h12-15H,4-11H2,1-3H3,(H2,18,19,20);1H. The lowest BCUT2D eigenvalue weighted by Crippen LogP contribution is -2.68. The van der Waals surface area contributed by atoms with Crippen molar-refractivity contribution in [1.29, 1.82) is 0 Å². The number of guanidine groups is 1. The number of aliphatic imine (C=N–C) groups is 1. The molecule has 1 aliphatic heterocycles. The van der Waals surface area contributed by atoms with Crippen LogP contribution < -0.4 is 10.6 Å². The van der Waals surface area contributed by atoms with Gasteiger partial charge >= 0.3 is 0 Å². The van der Waals surface area contributed by atoms with E-state index in [0.717, 1.165) is 19.1 Å². The highest BCUT2D eigenvalue weighted by Crippen LogP contribution is 2.52. The fourth-order valence-electron chi connectivity index (χ4n) is 4.50. The summed E-state index contributed by atoms with van der Waals surface area (Å²) in [6, 6.07) is 1.10. The molecule has 2 N–H and O–H groups in total. The van der Waals surface area contributed by atoms with Gasteiger partial charge in [0.2, 0.25) is 0 Å². The summed E-state index contributed by atoms with van der Waals surface area (Å²) >= 11 is 0. The zero-order valence-electron chi connectivity index (χ0n) is 14.2. The minimum atomic E-state index is 0. The second kappa shape index (κ2) is 7.69. The van der Waals surface area contributed by atoms with Gasteiger partial charge in [0.15, 0.2) is 5.96 Å². The van der Waals surface area contributed by atoms with Gasteiger partial charge in [-0.3, -0.25) is 4.99 Å². The van der Waals surface area contributed by atoms with Crippen LogP contribution >= 0.6 is 24.0 Å². The Bertz CT molecular complexity index is 393. The number of nitrogens with zero attached hydrogens (tertiary/aromatic N) is 1. The molecule has 0 aromatic heterocycles. The molecule has 0 bridgehead atoms. The van der Waals surface area contributed by atoms with Crippen LogP contribution in [0, 0.1) is 11.3 Å². The largest absolute Gasteiger partial charge is 0.377 e. The summed E-state index contributed by atoms with van der Waals surface area (Å²) in [5, 5.41) is 7.39. The summed E-state index contributed by atoms with van der Waals surface area (Å²) in [5.74, 6) is 1.68. The number of ether oxygens (including phenoxy) is 1. The Kier molecular flexibility index (Phi) is 6.39. The van der Waals surface area contributed by atoms with Gasteiger partial charge in [0.1, 0.15) is 0 Å². The van der Waals surface area contributed by atoms with Gasteiger partial charge in [-0.05, 0) is 26.2 Å². The maximum absolute atomic E-state index is 5.89. The van der Waals surface area contributed by atoms with Gasteiger partial charge in [0.05, 0.1) is 6.10 Å². The topological polar surface area (TPSA) is 45.7 Å². The molecule has 0 amide bonds. The maximum Gasteiger partial charge on any atom is 0.191 e. The first-order valence-corrected chi connectivity index (χ1v) is 8.82. The lowest BCUT2D eigenvalue weighted by Gasteiger charge is -2.55. The molecule has 3 unspecified atom stereocenters. The van der Waals surface area contributed by atoms with Crippen molar-refractivity contribution >= 4 is 29.9 Å². The predicted octanol–water partition coefficient (Wildman–Crippen LogP) is 3.31. The molecule has 3 rings (SSSR count). The molecule has 0 spiro atoms. The molecule has 3 atom stereocenters. The molecule has 22 heavy (non-hydrogen) atoms. The number of nitrogens with one attached hydrogen (secondary N) is 2. The Labute approximate surface area is 152 Å². The third-order valence-corrected chi connectivity index (χ3v) is 5.65. The average molecular weight is 421 g/mol. The number of rotatable bonds is 3. The highest BCUT2D eigenvalue weighted by molar-refractivity contribution is 14.0. The Morgan fingerprint density at radius 3 is 2.55 bits per heavy atom. The van der Waals surface area contributed by atoms with Crippen LogP contribution in [0.15, 0.2) is 4.99 Å². The van der Waals surface area contributed by atoms with Crippen molar-refractivity contribution in [2.75, 3.05) is 13.2 Å². The smallest absolute Gasteiger partial charge is 0.191 e. The molecule has 0 aromatic carbocycles. The van der Waals surface area contributed by atoms with E-state index >= 15 is 0 Å². The molecule has 128 valence electrons. The summed E-state index contributed by atoms with van der Waals surface area (Å²) in [4.78, 5) is 4.67. The number of fused-ring (bicyclic) bond motifs is 1. The molecule has 2 aliphatic carbocycles. The van der Waals surface area contributed by atoms with Crippen LogP contribution in [0.25, 0.3) is 0 Å². The monoisotopic (exact) mass is 421 g/mol. The molecule has 0 aromatic rings. The van der Waals surface area contributed by atoms with E-state index in [0.29, 0.717) is 24.1 Å². The second-order valence-electron chi connectivity index (χ2n) is 7.49. The Hall–Kier alpha value is -0.0400. The molecule has 1 heterocycles. The fraction of sp³-hybridized carbons (Fsp3) is 0.941. The molecule has 0 radical (unpaired) electrons. The second-order valence-corrected chi connectivity index (χ2v) is 7.49. The van der Waals surface area contributed by atoms with Crippen LogP contribution in [0.2, 0.25) is 0 Å². The minimum absolute atomic E-state index is 0. The molecule has 5 heteroatoms. The number of halogens is 1. The summed E-state index contributed by atoms with van der Waals surface area (Å²) < 4.78 is 5.89. The molecule has 3 aliphatic rings. The molecule has 4 nitrogen and oxygen atoms in total. The van der Waals surface area contributed by atoms with Crippen LogP contribution in [-0.2, 0) is 4.74 Å². The molecule has 2 saturated carbocycles. The zero-order valence-corrected chi connectivity index (χ0v) is 16.6. The van der Waals surface area contributed by atoms with E-state index in [1.165, 1.54) is 38.5 Å². The molecular weight excluding hydrogens is 389 g/mol. The van der Waals surface area contributed by atoms with Crippen molar-refractivity contribution in [3.63, 3.8) is 0 Å². The van der Waals surface area contributed by atoms with Crippen molar-refractivity contribution in [3.8, 4) is 0 Å². The Morgan fingerprint density at radius 2 is 1.86 bits per heavy atom. The van der Waals surface area contributed by atoms with Gasteiger partial charge in [-0.25, -0.2) is 0 Å². The average Bonchev–Trinajstić information content (AvgIpc) is 2.93. The van der Waals surface area contributed by atoms with E-state index < -0.39 is 0 Å². The lowest BCUT2D eigenvalue weighted by atomic mass is 9.57. The summed E-state index contributed by atoms with van der Waals surface area (Å²) in [7, 11) is 0. The Balaban J connectivity index is 0.00000176. The first-order valence-electron chi connectivity index (χ1n) is 8.82. The van der Waals surface area contributed by atoms with Gasteiger partial charge in [0, 0.05) is 36.6 Å². The first kappa shape index (κ1) is 18.3. The zero-order chi connectivity index (χ0) is 14.9. The minimum Gasteiger partial charge on any atom is -0.377 e. The van der Waals surface area contributed by atoms with Crippen LogP contribution in [0.4, 0.5) is 0 Å². The summed E-state index contributed by atoms with van der Waals surface area (Å²) in [5.41, 5.74) is 0.212. The number of hydrogen-bond acceptors (Lipinski definition) is 2. The van der Waals surface area contributed by atoms with Gasteiger partial charge in [-0.2, -0.15) is 0 Å². The van der Waals surface area contributed by atoms with E-state index in [9.17, 15) is 0 Å². The third-order valence-electron chi connectivity index (χ3n) is 5.65. The SMILES string of the molecule is CCN=C(NC1CCCCC1)NC1C2CCOC2C1(C)C.I. The first-order chi connectivity index (χ1) is 10.1. The third kappa shape index (κ3) is 3.55. The van der Waals surface area contributed by atoms with Crippen LogP contribution in [0.5, 0.6) is 0 Å². The summed E-state index contributed by atoms with van der Waals surface area (Å²) in [6.07, 6.45) is 8.29. The van der Waals surface area contributed by atoms with Crippen LogP contribution in [-0.4, -0.2) is 37.3 Å². The van der Waals surface area contributed by atoms with Gasteiger partial charge in [-0.1, -0.05) is 33.1 Å². The van der Waals surface area contributed by atoms with E-state index in [1.54, 1.807) is 0 Å². The van der Waals surface area contributed by atoms with Crippen LogP contribution in [0.3, 0.4) is 0 Å². The van der Waals surface area contributed by atoms with Crippen molar-refractivity contribution in [2.24, 2.45) is 16.3 Å². The van der Waals surface area contributed by atoms with Crippen molar-refractivity contribution in [1.82, 2.24) is 10.6 Å². The van der Waals surface area contributed by atoms with E-state index in [2.05, 4.69) is 36.4 Å². The van der Waals surface area contributed by atoms with E-state index in [4.69, 9.17) is 4.74 Å². The molecule has 3 fully saturated rings. The quantitative estimate of drug-likeness (QED) is 0.418. The van der Waals surface area contributed by atoms with Crippen molar-refractivity contribution in [2.45, 2.75) is 77.5 Å². The number of hydrogen-bond donors (Lipinski definition) is 2. The lowest BCUT2D eigenvalue weighted by molar-refractivity contribution is -0.106. The van der Waals surface area contributed by atoms with Crippen molar-refractivity contribution in [3.05, 3.63) is 0 Å². The van der Waals surface area contributed by atoms with Gasteiger partial charge in [-0.15, -0.1) is 24.0 Å². The maximum atomic E-state index is 5.89. The summed E-state index contributed by atoms with van der Waals surface area (Å²) in [6.45, 7) is 8.51. The van der Waals surface area contributed by atoms with E-state index in [1.807, 2.05) is 0 Å². The predicted molar refractivity (Wildman–Crippen MR) is 102 cm³/mol. The Morgan fingerprint density at radius 1 is 1.14 bits per heavy atom. The highest BCUT2D eigenvalue weighted by atomic mass is 127. The van der Waals surface area contributed by atoms with E-state index in [-0.39, 0.29) is 29.4 Å². The molecular formula is C17H32IN3O. The van der Waals surface area contributed by atoms with Crippen molar-refractivity contribution < 1.29 is 4.74 Å².